The van der Waals surface area contributed by atoms with E-state index in [2.05, 4.69) is 99.6 Å². The van der Waals surface area contributed by atoms with E-state index in [-0.39, 0.29) is 151 Å². The number of rotatable bonds is 12. The van der Waals surface area contributed by atoms with Crippen molar-refractivity contribution >= 4 is 90.9 Å². The Morgan fingerprint density at radius 3 is 1.48 bits per heavy atom. The first-order valence-corrected chi connectivity index (χ1v) is 41.1. The van der Waals surface area contributed by atoms with E-state index in [4.69, 9.17) is 12.8 Å². The average molecular weight is 1630 g/mol. The van der Waals surface area contributed by atoms with Gasteiger partial charge in [-0.1, -0.05) is 54.1 Å². The van der Waals surface area contributed by atoms with Crippen LogP contribution in [0.25, 0.3) is 33.1 Å². The van der Waals surface area contributed by atoms with Crippen LogP contribution in [-0.4, -0.2) is 142 Å². The molecule has 12 fully saturated rings. The fourth-order valence-electron chi connectivity index (χ4n) is 26.1. The van der Waals surface area contributed by atoms with Crippen LogP contribution < -0.4 is 108 Å². The van der Waals surface area contributed by atoms with Crippen molar-refractivity contribution in [1.82, 2.24) is 55.1 Å². The second-order valence-corrected chi connectivity index (χ2v) is 36.0. The van der Waals surface area contributed by atoms with Crippen molar-refractivity contribution in [2.24, 2.45) is 123 Å². The van der Waals surface area contributed by atoms with Gasteiger partial charge in [0.05, 0.1) is 49.3 Å². The molecule has 24 atom stereocenters. The molecule has 0 amide bonds. The van der Waals surface area contributed by atoms with E-state index < -0.39 is 42.6 Å². The molecular formula is C81H111BrF3K2N11O9S. The van der Waals surface area contributed by atoms with Crippen LogP contribution in [0, 0.1) is 123 Å². The molecule has 0 unspecified atom stereocenters. The zero-order chi connectivity index (χ0) is 76.5. The normalized spacial score (nSPS) is 39.4. The van der Waals surface area contributed by atoms with Crippen molar-refractivity contribution in [3.8, 4) is 0 Å². The zero-order valence-corrected chi connectivity index (χ0v) is 72.4. The first kappa shape index (κ1) is 83.6. The number of nitrogens with one attached hydrogen (secondary N) is 1. The molecular weight excluding hydrogens is 1520 g/mol. The Kier molecular flexibility index (Phi) is 28.5. The summed E-state index contributed by atoms with van der Waals surface area (Å²) >= 11 is 7.26. The summed E-state index contributed by atoms with van der Waals surface area (Å²) in [6, 6.07) is 7.49. The Labute approximate surface area is 736 Å². The molecule has 6 aromatic heterocycles. The number of aromatic nitrogens is 11. The topological polar surface area (TPSA) is 290 Å². The molecule has 0 saturated heterocycles. The van der Waals surface area contributed by atoms with Crippen molar-refractivity contribution in [2.45, 2.75) is 224 Å². The third-order valence-corrected chi connectivity index (χ3v) is 31.3. The molecule has 4 N–H and O–H groups in total. The summed E-state index contributed by atoms with van der Waals surface area (Å²) in [4.78, 5) is 62.9. The van der Waals surface area contributed by atoms with Crippen LogP contribution in [-0.2, 0) is 37.2 Å². The van der Waals surface area contributed by atoms with Crippen molar-refractivity contribution in [2.75, 3.05) is 25.4 Å². The van der Waals surface area contributed by atoms with Crippen LogP contribution in [0.2, 0.25) is 0 Å². The maximum atomic E-state index is 13.5. The first-order valence-electron chi connectivity index (χ1n) is 40.6. The maximum absolute atomic E-state index is 13.5. The van der Waals surface area contributed by atoms with E-state index in [1.165, 1.54) is 51.4 Å². The van der Waals surface area contributed by atoms with Gasteiger partial charge in [-0.2, -0.15) is 15.4 Å². The molecule has 12 aliphatic carbocycles. The number of carbonyl (C=O) groups excluding carboxylic acids is 4. The van der Waals surface area contributed by atoms with Crippen LogP contribution in [0.3, 0.4) is 0 Å². The first-order chi connectivity index (χ1) is 51.8. The van der Waals surface area contributed by atoms with E-state index >= 15 is 0 Å². The van der Waals surface area contributed by atoms with Gasteiger partial charge in [-0.25, -0.2) is 22.8 Å². The number of H-pyrrole nitrogens is 1. The average Bonchev–Trinajstić information content (AvgIpc) is 1.66. The smallest absolute Gasteiger partial charge is 1.00 e. The zero-order valence-electron chi connectivity index (χ0n) is 66.8. The summed E-state index contributed by atoms with van der Waals surface area (Å²) in [6.07, 6.45) is 37.9. The molecule has 12 saturated carbocycles. The van der Waals surface area contributed by atoms with Gasteiger partial charge in [0.1, 0.15) is 48.9 Å². The third-order valence-electron chi connectivity index (χ3n) is 30.8. The number of thiocarbonyl (C=S) groups is 1. The van der Waals surface area contributed by atoms with Gasteiger partial charge in [0.2, 0.25) is 5.65 Å². The number of alkyl halides is 4. The Balaban J connectivity index is 0.000000159. The molecule has 0 radical (unpaired) electrons. The number of carbonyl (C=O) groups is 4. The minimum absolute atomic E-state index is 0. The molecule has 6 aromatic rings. The van der Waals surface area contributed by atoms with Crippen LogP contribution >= 0.6 is 28.1 Å². The maximum Gasteiger partial charge on any atom is 1.00 e. The van der Waals surface area contributed by atoms with Crippen molar-refractivity contribution in [3.05, 3.63) is 61.4 Å². The van der Waals surface area contributed by atoms with Crippen LogP contribution in [0.5, 0.6) is 0 Å². The molecule has 20 nitrogen and oxygen atoms in total. The van der Waals surface area contributed by atoms with Crippen LogP contribution in [0.4, 0.5) is 13.2 Å². The quantitative estimate of drug-likeness (QED) is 0.0227. The predicted octanol–water partition coefficient (Wildman–Crippen LogP) is 7.78. The number of hydrogen-bond acceptors (Lipinski definition) is 18. The molecule has 0 aliphatic heterocycles. The SMILES string of the molecule is C[C@]12CC[C@H]3[C@@H](CC[C@@H]4C[C@@](O)(CF)CC[C@@H]43)[C@@H]1CC[C@@H]2C(=O)CBr.C[C@]12CC[C@H]3[C@@H](CC[C@@H]4C[C@@](O)(CF)CC[C@@H]43)[C@@H]1CC[C@@H]2C(=O)Cn1cc2ccncc2n1.C[C@]12CC[C@H]3[C@@H](CC[C@@H]4C[C@@](O)(CF)CC[C@@H]43)[C@@H]1CC[C@@H]2C(=O)Cn1nnc2cnccc21.O=CO[O-].[2H]C([2H])=S.[H-].[K+].[K+].c1cnc2n[nH]nc2c1. The fourth-order valence-corrected chi connectivity index (χ4v) is 26.5. The number of halogens is 4. The second kappa shape index (κ2) is 36.9. The van der Waals surface area contributed by atoms with Gasteiger partial charge in [0.25, 0.3) is 6.47 Å². The summed E-state index contributed by atoms with van der Waals surface area (Å²) in [7, 11) is 0. The fraction of sp³-hybridized carbons (Fsp3) is 0.741. The number of ketones is 3. The number of pyridine rings is 3. The summed E-state index contributed by atoms with van der Waals surface area (Å²) in [5.41, 5.74) is 1.06. The minimum Gasteiger partial charge on any atom is -1.00 e. The number of fused-ring (bicyclic) bond motifs is 18. The van der Waals surface area contributed by atoms with Gasteiger partial charge < -0.3 is 26.9 Å². The van der Waals surface area contributed by atoms with Crippen LogP contribution in [0.15, 0.2) is 61.4 Å². The van der Waals surface area contributed by atoms with Gasteiger partial charge in [0, 0.05) is 47.9 Å². The third kappa shape index (κ3) is 17.4. The van der Waals surface area contributed by atoms with Gasteiger partial charge in [-0.15, -0.1) is 10.2 Å². The van der Waals surface area contributed by atoms with Crippen molar-refractivity contribution in [3.63, 3.8) is 0 Å². The molecule has 27 heteroatoms. The standard InChI is InChI=1S/C27H36FN3O2.C26H35FN4O2.C21H32BrFO2.C5H4N4.CH2O3.CH2S.2K.H/c1-26-9-6-20-19-7-10-27(33,16-28)12-17(19)2-3-21(20)22(26)4-5-23(26)25(32)15-31-14-18-8-11-29-13-24(18)30-31;1-25-9-6-18-17-7-10-26(33,15-27)12-16(17)2-3-19(18)20(25)4-5-21(25)24(32)14-31-23-8-11-28-13-22(23)29-30-31;1-20-8-6-15-14-7-9-21(25,12-23)10-13(14)2-3-16(15)17(20)4-5-18(20)19(24)11-22;1-2-4-5(6-3-1)8-9-7-4;2-1-4-3;1-2;;;/h8,11,13-14,17,19-23,33H,2-7,9-10,12,15-16H2,1H3;8,11,13,16-21,33H,2-7,9-10,12,14-15H2,1H3;13-18,25H,2-12H2,1H3;1-3H,(H,6,7,8,9);1,3H;1H2;;;/q;;;;;;2*+1;-1/p-1/t17-,19+,20-,21-,22+,23-,26+,27-;16-,17+,18-,19-,20+,21-,25+,26-;13-,14+,15-,16-,17+,18-,20+,21-;;;;;;/m111....../s1/i;;;;;1D2;;;. The molecule has 0 aromatic carbocycles. The van der Waals surface area contributed by atoms with Gasteiger partial charge in [-0.3, -0.25) is 33.8 Å². The summed E-state index contributed by atoms with van der Waals surface area (Å²) < 4.78 is 55.6. The largest absolute Gasteiger partial charge is 1.00 e. The molecule has 0 spiro atoms. The Morgan fingerprint density at radius 1 is 0.611 bits per heavy atom. The molecule has 12 aliphatic rings. The Hall–Kier alpha value is -2.33. The summed E-state index contributed by atoms with van der Waals surface area (Å²) in [5, 5.41) is 64.5. The summed E-state index contributed by atoms with van der Waals surface area (Å²) in [5.74, 6) is 10.6. The minimum atomic E-state index is -1.08. The van der Waals surface area contributed by atoms with Gasteiger partial charge in [-0.05, 0) is 308 Å². The Bertz CT molecular complexity index is 4080. The number of aromatic amines is 1. The molecule has 108 heavy (non-hydrogen) atoms. The number of nitrogens with zero attached hydrogens (tertiary/aromatic N) is 10. The molecule has 580 valence electrons. The second-order valence-electron chi connectivity index (χ2n) is 35.4. The predicted molar refractivity (Wildman–Crippen MR) is 401 cm³/mol. The van der Waals surface area contributed by atoms with E-state index in [0.717, 1.165) is 123 Å². The van der Waals surface area contributed by atoms with Crippen molar-refractivity contribution < 1.29 is 165 Å². The van der Waals surface area contributed by atoms with E-state index in [1.807, 2.05) is 30.5 Å². The Morgan fingerprint density at radius 2 is 1.05 bits per heavy atom. The molecule has 0 bridgehead atoms. The number of Topliss-reactive ketones (excluding diaryl/α,β-unsaturated/α-hetero) is 3. The van der Waals surface area contributed by atoms with Crippen LogP contribution in [0.1, 0.15) is 198 Å². The van der Waals surface area contributed by atoms with E-state index in [0.29, 0.717) is 150 Å². The van der Waals surface area contributed by atoms with E-state index in [1.54, 1.807) is 40.3 Å². The number of hydrogen-bond donors (Lipinski definition) is 4. The van der Waals surface area contributed by atoms with Gasteiger partial charge >= 0.3 is 103 Å². The summed E-state index contributed by atoms with van der Waals surface area (Å²) in [6.45, 7) is 5.82. The molecule has 6 heterocycles. The molecule has 18 rings (SSSR count). The van der Waals surface area contributed by atoms with E-state index in [9.17, 15) is 42.9 Å². The number of aliphatic hydroxyl groups is 3. The van der Waals surface area contributed by atoms with Gasteiger partial charge in [0.15, 0.2) is 11.6 Å². The monoisotopic (exact) mass is 1630 g/mol. The van der Waals surface area contributed by atoms with Crippen molar-refractivity contribution in [1.29, 1.82) is 0 Å².